The second-order valence-electron chi connectivity index (χ2n) is 3.48. The van der Waals surface area contributed by atoms with E-state index in [-0.39, 0.29) is 0 Å². The fraction of sp³-hybridized carbons (Fsp3) is 0.500. The van der Waals surface area contributed by atoms with E-state index in [0.717, 1.165) is 5.56 Å². The Morgan fingerprint density at radius 3 is 1.93 bits per heavy atom. The van der Waals surface area contributed by atoms with Crippen molar-refractivity contribution in [3.05, 3.63) is 35.9 Å². The van der Waals surface area contributed by atoms with Crippen LogP contribution < -0.4 is 0 Å². The quantitative estimate of drug-likeness (QED) is 0.697. The average Bonchev–Trinajstić information content (AvgIpc) is 2.31. The summed E-state index contributed by atoms with van der Waals surface area (Å²) < 4.78 is 16.0. The minimum Gasteiger partial charge on any atom is -0.368 e. The lowest BCUT2D eigenvalue weighted by atomic mass is 9.95. The molecule has 3 heteroatoms. The number of benzene rings is 1. The number of hydrogen-bond donors (Lipinski definition) is 0. The molecule has 0 spiro atoms. The molecule has 1 aromatic carbocycles. The standard InChI is InChI=1S/C12H18O3/c1-12(15-4,11(13-2)14-3)10-8-6-5-7-9-10/h5-9,11H,1-4H3. The number of methoxy groups -OCH3 is 3. The first-order chi connectivity index (χ1) is 7.19. The van der Waals surface area contributed by atoms with Gasteiger partial charge in [-0.25, -0.2) is 0 Å². The number of ether oxygens (including phenoxy) is 3. The van der Waals surface area contributed by atoms with Crippen LogP contribution in [0.25, 0.3) is 0 Å². The molecule has 0 N–H and O–H groups in total. The first-order valence-electron chi connectivity index (χ1n) is 4.85. The second-order valence-corrected chi connectivity index (χ2v) is 3.48. The molecule has 15 heavy (non-hydrogen) atoms. The molecule has 0 bridgehead atoms. The Balaban J connectivity index is 3.04. The zero-order valence-corrected chi connectivity index (χ0v) is 9.69. The van der Waals surface area contributed by atoms with Crippen LogP contribution in [0, 0.1) is 0 Å². The molecule has 0 amide bonds. The van der Waals surface area contributed by atoms with Crippen LogP contribution in [0.1, 0.15) is 12.5 Å². The van der Waals surface area contributed by atoms with Gasteiger partial charge < -0.3 is 14.2 Å². The van der Waals surface area contributed by atoms with Gasteiger partial charge in [-0.3, -0.25) is 0 Å². The van der Waals surface area contributed by atoms with Gasteiger partial charge in [0.05, 0.1) is 0 Å². The van der Waals surface area contributed by atoms with Crippen LogP contribution in [0.5, 0.6) is 0 Å². The Morgan fingerprint density at radius 2 is 1.53 bits per heavy atom. The van der Waals surface area contributed by atoms with Crippen LogP contribution in [-0.4, -0.2) is 27.6 Å². The number of rotatable bonds is 5. The van der Waals surface area contributed by atoms with Crippen LogP contribution in [0.4, 0.5) is 0 Å². The van der Waals surface area contributed by atoms with Crippen molar-refractivity contribution in [2.24, 2.45) is 0 Å². The van der Waals surface area contributed by atoms with Crippen LogP contribution in [0.3, 0.4) is 0 Å². The molecule has 84 valence electrons. The van der Waals surface area contributed by atoms with Crippen molar-refractivity contribution in [3.63, 3.8) is 0 Å². The maximum absolute atomic E-state index is 5.52. The van der Waals surface area contributed by atoms with Crippen LogP contribution in [0.15, 0.2) is 30.3 Å². The topological polar surface area (TPSA) is 27.7 Å². The summed E-state index contributed by atoms with van der Waals surface area (Å²) in [7, 11) is 4.86. The van der Waals surface area contributed by atoms with Gasteiger partial charge >= 0.3 is 0 Å². The first kappa shape index (κ1) is 12.2. The molecule has 0 radical (unpaired) electrons. The highest BCUT2D eigenvalue weighted by molar-refractivity contribution is 5.22. The van der Waals surface area contributed by atoms with Crippen molar-refractivity contribution in [2.75, 3.05) is 21.3 Å². The average molecular weight is 210 g/mol. The Bertz CT molecular complexity index is 282. The van der Waals surface area contributed by atoms with E-state index in [1.165, 1.54) is 0 Å². The summed E-state index contributed by atoms with van der Waals surface area (Å²) in [5.41, 5.74) is 0.436. The smallest absolute Gasteiger partial charge is 0.189 e. The van der Waals surface area contributed by atoms with Crippen molar-refractivity contribution in [1.29, 1.82) is 0 Å². The summed E-state index contributed by atoms with van der Waals surface area (Å²) in [5, 5.41) is 0. The molecule has 3 nitrogen and oxygen atoms in total. The van der Waals surface area contributed by atoms with E-state index < -0.39 is 11.9 Å². The predicted octanol–water partition coefficient (Wildman–Crippen LogP) is 2.17. The van der Waals surface area contributed by atoms with E-state index in [1.807, 2.05) is 37.3 Å². The molecule has 0 heterocycles. The molecule has 0 aliphatic rings. The van der Waals surface area contributed by atoms with Crippen LogP contribution in [0.2, 0.25) is 0 Å². The Labute approximate surface area is 91.0 Å². The highest BCUT2D eigenvalue weighted by Crippen LogP contribution is 2.30. The van der Waals surface area contributed by atoms with E-state index in [2.05, 4.69) is 0 Å². The van der Waals surface area contributed by atoms with Crippen molar-refractivity contribution in [2.45, 2.75) is 18.8 Å². The lowest BCUT2D eigenvalue weighted by Crippen LogP contribution is -2.41. The summed E-state index contributed by atoms with van der Waals surface area (Å²) in [6.45, 7) is 1.94. The van der Waals surface area contributed by atoms with Gasteiger partial charge in [0.2, 0.25) is 0 Å². The summed E-state index contributed by atoms with van der Waals surface area (Å²) in [6.07, 6.45) is -0.426. The Morgan fingerprint density at radius 1 is 1.00 bits per heavy atom. The monoisotopic (exact) mass is 210 g/mol. The molecule has 0 aliphatic heterocycles. The normalized spacial score (nSPS) is 15.3. The molecule has 1 unspecified atom stereocenters. The van der Waals surface area contributed by atoms with E-state index in [0.29, 0.717) is 0 Å². The molecule has 0 aliphatic carbocycles. The Hall–Kier alpha value is -0.900. The van der Waals surface area contributed by atoms with Gasteiger partial charge in [0.25, 0.3) is 0 Å². The van der Waals surface area contributed by atoms with Crippen molar-refractivity contribution < 1.29 is 14.2 Å². The van der Waals surface area contributed by atoms with E-state index in [4.69, 9.17) is 14.2 Å². The first-order valence-corrected chi connectivity index (χ1v) is 4.85. The summed E-state index contributed by atoms with van der Waals surface area (Å²) in [5.74, 6) is 0. The third-order valence-electron chi connectivity index (χ3n) is 2.65. The Kier molecular flexibility index (Phi) is 4.27. The minimum absolute atomic E-state index is 0.426. The largest absolute Gasteiger partial charge is 0.368 e. The second kappa shape index (κ2) is 5.26. The van der Waals surface area contributed by atoms with Crippen molar-refractivity contribution in [1.82, 2.24) is 0 Å². The van der Waals surface area contributed by atoms with E-state index in [1.54, 1.807) is 21.3 Å². The summed E-state index contributed by atoms with van der Waals surface area (Å²) in [4.78, 5) is 0. The minimum atomic E-state index is -0.592. The maximum Gasteiger partial charge on any atom is 0.189 e. The van der Waals surface area contributed by atoms with Gasteiger partial charge in [-0.2, -0.15) is 0 Å². The van der Waals surface area contributed by atoms with Gasteiger partial charge in [-0.05, 0) is 12.5 Å². The van der Waals surface area contributed by atoms with Gasteiger partial charge in [0.1, 0.15) is 5.60 Å². The molecular weight excluding hydrogens is 192 g/mol. The van der Waals surface area contributed by atoms with Crippen LogP contribution in [-0.2, 0) is 19.8 Å². The molecule has 0 fully saturated rings. The van der Waals surface area contributed by atoms with Crippen molar-refractivity contribution >= 4 is 0 Å². The van der Waals surface area contributed by atoms with Crippen LogP contribution >= 0.6 is 0 Å². The SMILES string of the molecule is COC(OC)C(C)(OC)c1ccccc1. The molecule has 0 saturated carbocycles. The zero-order valence-electron chi connectivity index (χ0n) is 9.69. The molecule has 1 rings (SSSR count). The van der Waals surface area contributed by atoms with Gasteiger partial charge in [0, 0.05) is 21.3 Å². The molecule has 0 saturated heterocycles. The van der Waals surface area contributed by atoms with Crippen molar-refractivity contribution in [3.8, 4) is 0 Å². The molecule has 0 aromatic heterocycles. The molecular formula is C12H18O3. The fourth-order valence-corrected chi connectivity index (χ4v) is 1.67. The number of hydrogen-bond acceptors (Lipinski definition) is 3. The van der Waals surface area contributed by atoms with Gasteiger partial charge in [-0.15, -0.1) is 0 Å². The third kappa shape index (κ3) is 2.37. The van der Waals surface area contributed by atoms with Gasteiger partial charge in [0.15, 0.2) is 6.29 Å². The van der Waals surface area contributed by atoms with Gasteiger partial charge in [-0.1, -0.05) is 30.3 Å². The summed E-state index contributed by atoms with van der Waals surface area (Å²) in [6, 6.07) is 9.89. The lowest BCUT2D eigenvalue weighted by molar-refractivity contribution is -0.224. The van der Waals surface area contributed by atoms with E-state index >= 15 is 0 Å². The molecule has 1 aromatic rings. The zero-order chi connectivity index (χ0) is 11.3. The lowest BCUT2D eigenvalue weighted by Gasteiger charge is -2.34. The highest BCUT2D eigenvalue weighted by Gasteiger charge is 2.36. The predicted molar refractivity (Wildman–Crippen MR) is 58.6 cm³/mol. The van der Waals surface area contributed by atoms with E-state index in [9.17, 15) is 0 Å². The maximum atomic E-state index is 5.52. The summed E-state index contributed by atoms with van der Waals surface area (Å²) >= 11 is 0. The fourth-order valence-electron chi connectivity index (χ4n) is 1.67. The third-order valence-corrected chi connectivity index (χ3v) is 2.65. The molecule has 1 atom stereocenters. The highest BCUT2D eigenvalue weighted by atomic mass is 16.7.